The molecule has 2 amide bonds. The molecule has 0 saturated carbocycles. The smallest absolute Gasteiger partial charge is 0.293 e. The van der Waals surface area contributed by atoms with E-state index in [0.717, 1.165) is 16.7 Å². The number of methoxy groups -OCH3 is 2. The molecule has 0 bridgehead atoms. The Balaban J connectivity index is 1.84. The molecule has 0 spiro atoms. The summed E-state index contributed by atoms with van der Waals surface area (Å²) in [5, 5.41) is 10.3. The zero-order valence-electron chi connectivity index (χ0n) is 15.1. The Hall–Kier alpha value is -3.33. The molecule has 1 saturated heterocycles. The SMILES string of the molecule is COc1cccc(/C=C2\SC(=O)N(Cc3ccc([N+](=O)[O-])cc3)C2=O)c1OC. The van der Waals surface area contributed by atoms with E-state index >= 15 is 0 Å². The molecule has 0 atom stereocenters. The van der Waals surface area contributed by atoms with Crippen LogP contribution in [0.2, 0.25) is 0 Å². The van der Waals surface area contributed by atoms with E-state index in [4.69, 9.17) is 9.47 Å². The normalized spacial score (nSPS) is 15.2. The summed E-state index contributed by atoms with van der Waals surface area (Å²) >= 11 is 0.831. The van der Waals surface area contributed by atoms with Crippen LogP contribution in [0.5, 0.6) is 11.5 Å². The Bertz CT molecular complexity index is 971. The van der Waals surface area contributed by atoms with Crippen LogP contribution in [0.15, 0.2) is 47.4 Å². The van der Waals surface area contributed by atoms with Gasteiger partial charge in [0.25, 0.3) is 16.8 Å². The number of benzene rings is 2. The molecule has 3 rings (SSSR count). The maximum Gasteiger partial charge on any atom is 0.293 e. The molecule has 28 heavy (non-hydrogen) atoms. The Morgan fingerprint density at radius 2 is 1.82 bits per heavy atom. The van der Waals surface area contributed by atoms with Gasteiger partial charge in [-0.1, -0.05) is 24.3 Å². The largest absolute Gasteiger partial charge is 0.493 e. The number of nitrogens with zero attached hydrogens (tertiary/aromatic N) is 2. The van der Waals surface area contributed by atoms with Crippen LogP contribution in [0.3, 0.4) is 0 Å². The second-order valence-corrected chi connectivity index (χ2v) is 6.77. The number of carbonyl (C=O) groups is 2. The first-order chi connectivity index (χ1) is 13.4. The van der Waals surface area contributed by atoms with Crippen LogP contribution in [0.1, 0.15) is 11.1 Å². The minimum absolute atomic E-state index is 0.0370. The molecule has 0 aromatic heterocycles. The molecular weight excluding hydrogens is 384 g/mol. The van der Waals surface area contributed by atoms with Crippen LogP contribution < -0.4 is 9.47 Å². The number of carbonyl (C=O) groups excluding carboxylic acids is 2. The van der Waals surface area contributed by atoms with E-state index in [9.17, 15) is 19.7 Å². The minimum Gasteiger partial charge on any atom is -0.493 e. The monoisotopic (exact) mass is 400 g/mol. The van der Waals surface area contributed by atoms with Crippen molar-refractivity contribution < 1.29 is 24.0 Å². The Kier molecular flexibility index (Phi) is 5.65. The fourth-order valence-corrected chi connectivity index (χ4v) is 3.54. The topological polar surface area (TPSA) is 99.0 Å². The predicted molar refractivity (Wildman–Crippen MR) is 104 cm³/mol. The molecule has 9 heteroatoms. The standard InChI is InChI=1S/C19H16N2O6S/c1-26-15-5-3-4-13(17(15)27-2)10-16-18(22)20(19(23)28-16)11-12-6-8-14(9-7-12)21(24)25/h3-10H,11H2,1-2H3/b16-10-. The van der Waals surface area contributed by atoms with Crippen molar-refractivity contribution in [1.82, 2.24) is 4.90 Å². The molecule has 0 aliphatic carbocycles. The lowest BCUT2D eigenvalue weighted by Gasteiger charge is -2.12. The molecule has 0 radical (unpaired) electrons. The van der Waals surface area contributed by atoms with Crippen LogP contribution in [0.4, 0.5) is 10.5 Å². The van der Waals surface area contributed by atoms with Crippen LogP contribution in [0, 0.1) is 10.1 Å². The van der Waals surface area contributed by atoms with Gasteiger partial charge in [0.1, 0.15) is 0 Å². The van der Waals surface area contributed by atoms with Gasteiger partial charge in [-0.25, -0.2) is 0 Å². The van der Waals surface area contributed by atoms with Gasteiger partial charge in [0, 0.05) is 17.7 Å². The van der Waals surface area contributed by atoms with Crippen molar-refractivity contribution >= 4 is 34.7 Å². The van der Waals surface area contributed by atoms with Crippen LogP contribution in [0.25, 0.3) is 6.08 Å². The van der Waals surface area contributed by atoms with Crippen molar-refractivity contribution in [2.75, 3.05) is 14.2 Å². The summed E-state index contributed by atoms with van der Waals surface area (Å²) in [6.07, 6.45) is 1.59. The summed E-state index contributed by atoms with van der Waals surface area (Å²) in [7, 11) is 3.01. The predicted octanol–water partition coefficient (Wildman–Crippen LogP) is 3.85. The summed E-state index contributed by atoms with van der Waals surface area (Å²) < 4.78 is 10.6. The van der Waals surface area contributed by atoms with Gasteiger partial charge in [0.15, 0.2) is 11.5 Å². The molecule has 2 aromatic carbocycles. The summed E-state index contributed by atoms with van der Waals surface area (Å²) in [6, 6.07) is 11.0. The second-order valence-electron chi connectivity index (χ2n) is 5.77. The number of nitro benzene ring substituents is 1. The summed E-state index contributed by atoms with van der Waals surface area (Å²) in [5.41, 5.74) is 1.18. The van der Waals surface area contributed by atoms with Crippen molar-refractivity contribution in [3.8, 4) is 11.5 Å². The number of hydrogen-bond donors (Lipinski definition) is 0. The quantitative estimate of drug-likeness (QED) is 0.412. The highest BCUT2D eigenvalue weighted by atomic mass is 32.2. The third kappa shape index (κ3) is 3.84. The molecule has 2 aromatic rings. The third-order valence-electron chi connectivity index (χ3n) is 4.08. The summed E-state index contributed by atoms with van der Waals surface area (Å²) in [4.78, 5) is 36.6. The van der Waals surface area contributed by atoms with Gasteiger partial charge < -0.3 is 9.47 Å². The van der Waals surface area contributed by atoms with E-state index in [1.54, 1.807) is 24.3 Å². The number of nitro groups is 1. The van der Waals surface area contributed by atoms with E-state index < -0.39 is 16.1 Å². The number of rotatable bonds is 6. The van der Waals surface area contributed by atoms with Gasteiger partial charge in [-0.3, -0.25) is 24.6 Å². The highest BCUT2D eigenvalue weighted by Gasteiger charge is 2.35. The number of imide groups is 1. The lowest BCUT2D eigenvalue weighted by Crippen LogP contribution is -2.27. The van der Waals surface area contributed by atoms with Crippen LogP contribution in [-0.2, 0) is 11.3 Å². The van der Waals surface area contributed by atoms with Crippen molar-refractivity contribution in [3.63, 3.8) is 0 Å². The lowest BCUT2D eigenvalue weighted by atomic mass is 10.1. The molecular formula is C19H16N2O6S. The highest BCUT2D eigenvalue weighted by molar-refractivity contribution is 8.18. The first-order valence-corrected chi connectivity index (χ1v) is 8.96. The second kappa shape index (κ2) is 8.13. The van der Waals surface area contributed by atoms with Crippen molar-refractivity contribution in [3.05, 3.63) is 68.6 Å². The maximum atomic E-state index is 12.7. The summed E-state index contributed by atoms with van der Waals surface area (Å²) in [6.45, 7) is 0.0370. The van der Waals surface area contributed by atoms with Gasteiger partial charge in [-0.05, 0) is 29.5 Å². The number of hydrogen-bond acceptors (Lipinski definition) is 7. The van der Waals surface area contributed by atoms with Gasteiger partial charge in [0.05, 0.1) is 30.6 Å². The van der Waals surface area contributed by atoms with E-state index in [2.05, 4.69) is 0 Å². The Morgan fingerprint density at radius 3 is 2.43 bits per heavy atom. The van der Waals surface area contributed by atoms with Crippen molar-refractivity contribution in [2.24, 2.45) is 0 Å². The van der Waals surface area contributed by atoms with E-state index in [-0.39, 0.29) is 17.1 Å². The molecule has 0 unspecified atom stereocenters. The number of amides is 2. The molecule has 1 fully saturated rings. The van der Waals surface area contributed by atoms with Crippen LogP contribution >= 0.6 is 11.8 Å². The molecule has 1 aliphatic heterocycles. The van der Waals surface area contributed by atoms with Gasteiger partial charge >= 0.3 is 0 Å². The summed E-state index contributed by atoms with van der Waals surface area (Å²) in [5.74, 6) is 0.548. The highest BCUT2D eigenvalue weighted by Crippen LogP contribution is 2.37. The Labute approximate surface area is 164 Å². The third-order valence-corrected chi connectivity index (χ3v) is 4.99. The van der Waals surface area contributed by atoms with Crippen molar-refractivity contribution in [1.29, 1.82) is 0 Å². The average Bonchev–Trinajstić information content (AvgIpc) is 2.95. The van der Waals surface area contributed by atoms with E-state index in [1.807, 2.05) is 0 Å². The lowest BCUT2D eigenvalue weighted by molar-refractivity contribution is -0.384. The van der Waals surface area contributed by atoms with E-state index in [1.165, 1.54) is 38.5 Å². The average molecular weight is 400 g/mol. The minimum atomic E-state index is -0.506. The molecule has 8 nitrogen and oxygen atoms in total. The van der Waals surface area contributed by atoms with Gasteiger partial charge in [0.2, 0.25) is 0 Å². The first kappa shape index (κ1) is 19.4. The van der Waals surface area contributed by atoms with Crippen molar-refractivity contribution in [2.45, 2.75) is 6.54 Å². The number of thioether (sulfide) groups is 1. The van der Waals surface area contributed by atoms with E-state index in [0.29, 0.717) is 22.6 Å². The number of non-ortho nitro benzene ring substituents is 1. The van der Waals surface area contributed by atoms with Crippen LogP contribution in [-0.4, -0.2) is 35.2 Å². The van der Waals surface area contributed by atoms with Gasteiger partial charge in [-0.15, -0.1) is 0 Å². The number of para-hydroxylation sites is 1. The van der Waals surface area contributed by atoms with Gasteiger partial charge in [-0.2, -0.15) is 0 Å². The zero-order chi connectivity index (χ0) is 20.3. The zero-order valence-corrected chi connectivity index (χ0v) is 15.9. The molecule has 0 N–H and O–H groups in total. The Morgan fingerprint density at radius 1 is 1.11 bits per heavy atom. The fraction of sp³-hybridized carbons (Fsp3) is 0.158. The number of ether oxygens (including phenoxy) is 2. The molecule has 144 valence electrons. The first-order valence-electron chi connectivity index (χ1n) is 8.14. The molecule has 1 heterocycles. The maximum absolute atomic E-state index is 12.7. The fourth-order valence-electron chi connectivity index (χ4n) is 2.71. The molecule has 1 aliphatic rings.